The highest BCUT2D eigenvalue weighted by atomic mass is 32.2. The first-order chi connectivity index (χ1) is 30.7. The Hall–Kier alpha value is -5.23. The highest BCUT2D eigenvalue weighted by Gasteiger charge is 2.66. The lowest BCUT2D eigenvalue weighted by Crippen LogP contribution is -2.30. The van der Waals surface area contributed by atoms with Gasteiger partial charge in [0.1, 0.15) is 11.5 Å². The van der Waals surface area contributed by atoms with Gasteiger partial charge in [-0.2, -0.15) is 0 Å². The third-order valence-corrected chi connectivity index (χ3v) is 16.7. The summed E-state index contributed by atoms with van der Waals surface area (Å²) in [7, 11) is -3.75. The van der Waals surface area contributed by atoms with Crippen molar-refractivity contribution in [3.05, 3.63) is 160 Å². The summed E-state index contributed by atoms with van der Waals surface area (Å²) in [5.41, 5.74) is 16.0. The summed E-state index contributed by atoms with van der Waals surface area (Å²) in [5, 5.41) is 7.52. The average Bonchev–Trinajstić information content (AvgIpc) is 3.66. The Balaban J connectivity index is 0.000000155. The predicted molar refractivity (Wildman–Crippen MR) is 256 cm³/mol. The number of rotatable bonds is 13. The maximum absolute atomic E-state index is 12.9. The van der Waals surface area contributed by atoms with E-state index in [0.717, 1.165) is 60.6 Å². The molecule has 3 N–H and O–H groups in total. The molecule has 2 aliphatic carbocycles. The molecule has 4 heterocycles. The van der Waals surface area contributed by atoms with Crippen LogP contribution in [0.5, 0.6) is 0 Å². The Morgan fingerprint density at radius 2 is 1.09 bits per heavy atom. The van der Waals surface area contributed by atoms with Crippen molar-refractivity contribution >= 4 is 21.4 Å². The first kappa shape index (κ1) is 45.3. The monoisotopic (exact) mass is 882 g/mol. The van der Waals surface area contributed by atoms with E-state index in [1.54, 1.807) is 19.9 Å². The van der Waals surface area contributed by atoms with Gasteiger partial charge >= 0.3 is 0 Å². The minimum atomic E-state index is -3.75. The lowest BCUT2D eigenvalue weighted by atomic mass is 9.92. The maximum Gasteiger partial charge on any atom is 0.267 e. The quantitative estimate of drug-likeness (QED) is 0.109. The van der Waals surface area contributed by atoms with Gasteiger partial charge in [-0.25, -0.2) is 8.42 Å². The molecule has 0 amide bonds. The number of hydrogen-bond donors (Lipinski definition) is 2. The highest BCUT2D eigenvalue weighted by Crippen LogP contribution is 2.64. The molecule has 2 saturated carbocycles. The molecule has 0 bridgehead atoms. The predicted octanol–water partition coefficient (Wildman–Crippen LogP) is 9.87. The van der Waals surface area contributed by atoms with Crippen molar-refractivity contribution < 1.29 is 17.5 Å². The van der Waals surface area contributed by atoms with Crippen LogP contribution >= 0.6 is 0 Å². The van der Waals surface area contributed by atoms with E-state index in [1.807, 2.05) is 39.0 Å². The molecular formula is C53H66N6O4S. The summed E-state index contributed by atoms with van der Waals surface area (Å²) in [6, 6.07) is 37.9. The van der Waals surface area contributed by atoms with Crippen LogP contribution in [0.2, 0.25) is 0 Å². The van der Waals surface area contributed by atoms with Crippen LogP contribution < -0.4 is 10.5 Å². The fourth-order valence-electron chi connectivity index (χ4n) is 10.8. The van der Waals surface area contributed by atoms with Crippen LogP contribution in [-0.4, -0.2) is 67.8 Å². The summed E-state index contributed by atoms with van der Waals surface area (Å²) in [6.45, 7) is 21.0. The van der Waals surface area contributed by atoms with E-state index in [2.05, 4.69) is 124 Å². The Kier molecular flexibility index (Phi) is 13.3. The second kappa shape index (κ2) is 18.7. The van der Waals surface area contributed by atoms with E-state index in [-0.39, 0.29) is 10.3 Å². The standard InChI is InChI=1S/C26H31N3O3S.C21H26N2.C6H9NO/c1-18-25(19(2)32-27-18)33(30,31)28-22-13-7-12-21(15-22)26(3)23-16-29(17-24(23)26)14-8-11-20-9-5-4-6-10-20;1-21(17-10-5-11-18(22)13-17)19-14-23(15-20(19)21)12-6-9-16-7-3-2-4-8-16;1-4-5(2)7-8-6(4)3/h4-7,9-10,12-13,15,23-24,28H,8,11,14,16-17H2,1-3H3;2-5,7-8,10-11,13,19-20H,6,9,12,14-15,22H2,1H3;1-3H3. The number of nitrogens with two attached hydrogens (primary N) is 1. The zero-order valence-electron chi connectivity index (χ0n) is 38.7. The minimum absolute atomic E-state index is 0.112. The zero-order valence-corrected chi connectivity index (χ0v) is 39.5. The molecule has 4 aromatic carbocycles. The van der Waals surface area contributed by atoms with Crippen LogP contribution in [0.3, 0.4) is 0 Å². The Bertz CT molecular complexity index is 2560. The smallest absolute Gasteiger partial charge is 0.267 e. The lowest BCUT2D eigenvalue weighted by Gasteiger charge is -2.25. The van der Waals surface area contributed by atoms with Gasteiger partial charge in [-0.05, 0) is 144 Å². The first-order valence-corrected chi connectivity index (χ1v) is 24.5. The number of nitrogens with zero attached hydrogens (tertiary/aromatic N) is 4. The summed E-state index contributed by atoms with van der Waals surface area (Å²) in [4.78, 5) is 5.37. The van der Waals surface area contributed by atoms with Gasteiger partial charge in [-0.1, -0.05) is 109 Å². The Labute approximate surface area is 380 Å². The molecule has 0 spiro atoms. The van der Waals surface area contributed by atoms with Crippen LogP contribution in [-0.2, 0) is 33.7 Å². The summed E-state index contributed by atoms with van der Waals surface area (Å²) < 4.78 is 38.4. The zero-order chi connectivity index (χ0) is 45.2. The van der Waals surface area contributed by atoms with Crippen LogP contribution in [0.4, 0.5) is 11.4 Å². The molecule has 2 aliphatic heterocycles. The summed E-state index contributed by atoms with van der Waals surface area (Å²) in [6.07, 6.45) is 4.76. The van der Waals surface area contributed by atoms with Crippen LogP contribution in [0, 0.1) is 58.3 Å². The van der Waals surface area contributed by atoms with Crippen molar-refractivity contribution in [1.29, 1.82) is 0 Å². The molecule has 4 atom stereocenters. The van der Waals surface area contributed by atoms with Gasteiger partial charge in [0.2, 0.25) is 0 Å². The minimum Gasteiger partial charge on any atom is -0.399 e. The molecule has 10 nitrogen and oxygen atoms in total. The number of benzene rings is 4. The number of fused-ring (bicyclic) bond motifs is 2. The third kappa shape index (κ3) is 9.58. The number of piperidine rings is 2. The Morgan fingerprint density at radius 3 is 1.52 bits per heavy atom. The molecule has 11 heteroatoms. The van der Waals surface area contributed by atoms with Crippen LogP contribution in [0.1, 0.15) is 77.4 Å². The molecule has 4 fully saturated rings. The van der Waals surface area contributed by atoms with Crippen molar-refractivity contribution in [3.63, 3.8) is 0 Å². The van der Waals surface area contributed by atoms with E-state index in [0.29, 0.717) is 34.4 Å². The SMILES string of the molecule is CC1(c2cccc(N)c2)C2CN(CCCc3ccccc3)CC21.Cc1noc(C)c1C.Cc1noc(C)c1S(=O)(=O)Nc1cccc(C2(C)C3CN(CCCc4ccccc4)CC32)c1. The number of nitrogen functional groups attached to an aromatic ring is 1. The Morgan fingerprint density at radius 1 is 0.625 bits per heavy atom. The average molecular weight is 883 g/mol. The maximum atomic E-state index is 12.9. The van der Waals surface area contributed by atoms with Crippen molar-refractivity contribution in [1.82, 2.24) is 20.1 Å². The topological polar surface area (TPSA) is 131 Å². The molecule has 10 rings (SSSR count). The van der Waals surface area contributed by atoms with E-state index in [9.17, 15) is 8.42 Å². The molecule has 0 radical (unpaired) electrons. The number of likely N-dealkylation sites (tertiary alicyclic amines) is 2. The van der Waals surface area contributed by atoms with Crippen molar-refractivity contribution in [2.24, 2.45) is 23.7 Å². The summed E-state index contributed by atoms with van der Waals surface area (Å²) in [5.74, 6) is 4.11. The molecule has 6 aromatic rings. The second-order valence-corrected chi connectivity index (χ2v) is 20.7. The first-order valence-electron chi connectivity index (χ1n) is 23.0. The molecule has 4 aliphatic rings. The van der Waals surface area contributed by atoms with E-state index >= 15 is 0 Å². The van der Waals surface area contributed by atoms with E-state index in [4.69, 9.17) is 14.8 Å². The van der Waals surface area contributed by atoms with Gasteiger partial charge in [0.05, 0.1) is 5.69 Å². The van der Waals surface area contributed by atoms with E-state index < -0.39 is 10.0 Å². The molecule has 4 unspecified atom stereocenters. The van der Waals surface area contributed by atoms with Gasteiger partial charge in [0, 0.05) is 53.9 Å². The van der Waals surface area contributed by atoms with Crippen molar-refractivity contribution in [3.8, 4) is 0 Å². The lowest BCUT2D eigenvalue weighted by molar-refractivity contribution is 0.274. The van der Waals surface area contributed by atoms with Gasteiger partial charge in [-0.15, -0.1) is 0 Å². The molecule has 64 heavy (non-hydrogen) atoms. The number of hydrogen-bond acceptors (Lipinski definition) is 9. The molecular weight excluding hydrogens is 817 g/mol. The largest absolute Gasteiger partial charge is 0.399 e. The van der Waals surface area contributed by atoms with Crippen LogP contribution in [0.25, 0.3) is 0 Å². The fraction of sp³-hybridized carbons (Fsp3) is 0.434. The van der Waals surface area contributed by atoms with Gasteiger partial charge in [0.15, 0.2) is 10.7 Å². The van der Waals surface area contributed by atoms with Crippen LogP contribution in [0.15, 0.2) is 123 Å². The number of aromatic nitrogens is 2. The molecule has 2 aromatic heterocycles. The molecule has 338 valence electrons. The number of anilines is 2. The van der Waals surface area contributed by atoms with Gasteiger partial charge in [-0.3, -0.25) is 4.72 Å². The number of nitrogens with one attached hydrogen (secondary N) is 1. The fourth-order valence-corrected chi connectivity index (χ4v) is 12.2. The third-order valence-electron chi connectivity index (χ3n) is 15.1. The van der Waals surface area contributed by atoms with Crippen molar-refractivity contribution in [2.45, 2.75) is 89.9 Å². The normalized spacial score (nSPS) is 24.5. The van der Waals surface area contributed by atoms with Gasteiger partial charge in [0.25, 0.3) is 10.0 Å². The second-order valence-electron chi connectivity index (χ2n) is 19.1. The van der Waals surface area contributed by atoms with Gasteiger partial charge < -0.3 is 24.6 Å². The molecule has 2 saturated heterocycles. The van der Waals surface area contributed by atoms with E-state index in [1.165, 1.54) is 61.2 Å². The number of aryl methyl sites for hydroxylation is 6. The number of sulfonamides is 1. The summed E-state index contributed by atoms with van der Waals surface area (Å²) >= 11 is 0. The highest BCUT2D eigenvalue weighted by molar-refractivity contribution is 7.92. The van der Waals surface area contributed by atoms with Crippen molar-refractivity contribution in [2.75, 3.05) is 49.7 Å².